The highest BCUT2D eigenvalue weighted by Crippen LogP contribution is 2.51. The Kier molecular flexibility index (Phi) is 5.57. The topological polar surface area (TPSA) is 85.5 Å². The molecule has 2 bridgehead atoms. The van der Waals surface area contributed by atoms with E-state index in [-0.39, 0.29) is 17.8 Å². The predicted octanol–water partition coefficient (Wildman–Crippen LogP) is 2.80. The lowest BCUT2D eigenvalue weighted by Gasteiger charge is -2.53. The molecule has 168 valence electrons. The lowest BCUT2D eigenvalue weighted by Crippen LogP contribution is -2.58. The molecule has 5 rings (SSSR count). The van der Waals surface area contributed by atoms with Gasteiger partial charge in [-0.3, -0.25) is 4.90 Å². The van der Waals surface area contributed by atoms with Gasteiger partial charge in [-0.25, -0.2) is 9.67 Å². The van der Waals surface area contributed by atoms with Gasteiger partial charge in [0.25, 0.3) is 0 Å². The van der Waals surface area contributed by atoms with Crippen LogP contribution < -0.4 is 9.47 Å². The number of methoxy groups -OCH3 is 2. The van der Waals surface area contributed by atoms with E-state index in [9.17, 15) is 5.11 Å². The zero-order chi connectivity index (χ0) is 22.1. The molecule has 0 amide bonds. The Labute approximate surface area is 187 Å². The molecule has 2 aromatic heterocycles. The highest BCUT2D eigenvalue weighted by atomic mass is 16.5. The minimum atomic E-state index is -1.01. The highest BCUT2D eigenvalue weighted by molar-refractivity contribution is 5.40. The van der Waals surface area contributed by atoms with Gasteiger partial charge < -0.3 is 14.6 Å². The molecule has 0 radical (unpaired) electrons. The van der Waals surface area contributed by atoms with Crippen LogP contribution in [0.1, 0.15) is 30.4 Å². The molecule has 1 saturated carbocycles. The van der Waals surface area contributed by atoms with Crippen LogP contribution >= 0.6 is 0 Å². The summed E-state index contributed by atoms with van der Waals surface area (Å²) in [4.78, 5) is 11.1. The first-order valence-electron chi connectivity index (χ1n) is 11.1. The Morgan fingerprint density at radius 1 is 1.09 bits per heavy atom. The van der Waals surface area contributed by atoms with Crippen molar-refractivity contribution in [3.8, 4) is 17.6 Å². The van der Waals surface area contributed by atoms with E-state index >= 15 is 0 Å². The van der Waals surface area contributed by atoms with Gasteiger partial charge in [0.05, 0.1) is 25.5 Å². The molecule has 3 heterocycles. The van der Waals surface area contributed by atoms with Crippen molar-refractivity contribution in [3.63, 3.8) is 0 Å². The Hall–Kier alpha value is -2.97. The normalized spacial score (nSPS) is 25.5. The van der Waals surface area contributed by atoms with E-state index in [1.54, 1.807) is 19.5 Å². The van der Waals surface area contributed by atoms with Gasteiger partial charge in [-0.15, -0.1) is 0 Å². The summed E-state index contributed by atoms with van der Waals surface area (Å²) in [5, 5.41) is 16.5. The van der Waals surface area contributed by atoms with Crippen LogP contribution in [-0.4, -0.2) is 57.1 Å². The maximum atomic E-state index is 12.0. The van der Waals surface area contributed by atoms with E-state index < -0.39 is 5.60 Å². The van der Waals surface area contributed by atoms with Gasteiger partial charge >= 0.3 is 6.01 Å². The molecule has 1 aromatic carbocycles. The third-order valence-corrected chi connectivity index (χ3v) is 6.98. The average Bonchev–Trinajstić information content (AvgIpc) is 3.34. The molecule has 2 aliphatic rings. The fraction of sp³-hybridized carbons (Fsp3) is 0.458. The third kappa shape index (κ3) is 3.53. The minimum Gasteiger partial charge on any atom is -0.481 e. The molecule has 2 atom stereocenters. The predicted molar refractivity (Wildman–Crippen MR) is 119 cm³/mol. The fourth-order valence-corrected chi connectivity index (χ4v) is 5.51. The Morgan fingerprint density at radius 2 is 1.88 bits per heavy atom. The number of para-hydroxylation sites is 1. The lowest BCUT2D eigenvalue weighted by atomic mass is 9.63. The van der Waals surface area contributed by atoms with Crippen molar-refractivity contribution in [2.45, 2.75) is 31.4 Å². The first-order valence-corrected chi connectivity index (χ1v) is 11.1. The zero-order valence-corrected chi connectivity index (χ0v) is 18.5. The summed E-state index contributed by atoms with van der Waals surface area (Å²) in [7, 11) is 3.10. The van der Waals surface area contributed by atoms with Crippen LogP contribution in [0.5, 0.6) is 11.9 Å². The first kappa shape index (κ1) is 20.9. The number of hydrogen-bond acceptors (Lipinski definition) is 7. The van der Waals surface area contributed by atoms with Crippen LogP contribution in [0.3, 0.4) is 0 Å². The van der Waals surface area contributed by atoms with Crippen molar-refractivity contribution in [2.75, 3.05) is 27.3 Å². The molecule has 32 heavy (non-hydrogen) atoms. The summed E-state index contributed by atoms with van der Waals surface area (Å²) >= 11 is 0. The van der Waals surface area contributed by atoms with Gasteiger partial charge in [-0.2, -0.15) is 10.1 Å². The molecule has 0 spiro atoms. The van der Waals surface area contributed by atoms with E-state index in [0.29, 0.717) is 11.4 Å². The second kappa shape index (κ2) is 8.52. The molecule has 2 fully saturated rings. The van der Waals surface area contributed by atoms with Gasteiger partial charge in [0.15, 0.2) is 0 Å². The molecule has 1 N–H and O–H groups in total. The number of nitrogens with zero attached hydrogens (tertiary/aromatic N) is 5. The molecular weight excluding hydrogens is 406 g/mol. The molecular formula is C24H29N5O3. The quantitative estimate of drug-likeness (QED) is 0.637. The van der Waals surface area contributed by atoms with E-state index in [2.05, 4.69) is 38.2 Å². The van der Waals surface area contributed by atoms with Crippen LogP contribution in [-0.2, 0) is 12.1 Å². The zero-order valence-electron chi connectivity index (χ0n) is 18.5. The number of rotatable bonds is 6. The SMILES string of the molecule is COc1ncc(C2(O)[C@@H]3CCC[C@@H]2CN(Cc2ccccc2-n2cccn2)C3)c(OC)n1. The highest BCUT2D eigenvalue weighted by Gasteiger charge is 2.53. The summed E-state index contributed by atoms with van der Waals surface area (Å²) in [6.07, 6.45) is 8.48. The van der Waals surface area contributed by atoms with Gasteiger partial charge in [-0.1, -0.05) is 24.6 Å². The number of piperidine rings is 1. The summed E-state index contributed by atoms with van der Waals surface area (Å²) in [5.74, 6) is 0.559. The number of ether oxygens (including phenoxy) is 2. The maximum absolute atomic E-state index is 12.0. The van der Waals surface area contributed by atoms with Crippen molar-refractivity contribution in [3.05, 3.63) is 60.0 Å². The van der Waals surface area contributed by atoms with Crippen LogP contribution in [0.25, 0.3) is 5.69 Å². The van der Waals surface area contributed by atoms with Crippen LogP contribution in [0.2, 0.25) is 0 Å². The largest absolute Gasteiger partial charge is 0.481 e. The van der Waals surface area contributed by atoms with Gasteiger partial charge in [-0.05, 0) is 30.5 Å². The Balaban J connectivity index is 1.43. The summed E-state index contributed by atoms with van der Waals surface area (Å²) < 4.78 is 12.6. The van der Waals surface area contributed by atoms with Crippen LogP contribution in [0.4, 0.5) is 0 Å². The van der Waals surface area contributed by atoms with Crippen molar-refractivity contribution < 1.29 is 14.6 Å². The number of hydrogen-bond donors (Lipinski definition) is 1. The summed E-state index contributed by atoms with van der Waals surface area (Å²) in [5.41, 5.74) is 1.99. The molecule has 3 aromatic rings. The summed E-state index contributed by atoms with van der Waals surface area (Å²) in [6.45, 7) is 2.42. The second-order valence-corrected chi connectivity index (χ2v) is 8.70. The molecule has 8 heteroatoms. The first-order chi connectivity index (χ1) is 15.6. The molecule has 8 nitrogen and oxygen atoms in total. The number of likely N-dealkylation sites (tertiary alicyclic amines) is 1. The molecule has 1 aliphatic carbocycles. The Morgan fingerprint density at radius 3 is 2.56 bits per heavy atom. The molecule has 0 unspecified atom stereocenters. The van der Waals surface area contributed by atoms with Crippen molar-refractivity contribution in [1.29, 1.82) is 0 Å². The van der Waals surface area contributed by atoms with E-state index in [1.807, 2.05) is 23.0 Å². The van der Waals surface area contributed by atoms with Crippen LogP contribution in [0.15, 0.2) is 48.9 Å². The number of aromatic nitrogens is 4. The third-order valence-electron chi connectivity index (χ3n) is 6.98. The fourth-order valence-electron chi connectivity index (χ4n) is 5.51. The van der Waals surface area contributed by atoms with E-state index in [0.717, 1.165) is 44.6 Å². The van der Waals surface area contributed by atoms with Crippen LogP contribution in [0, 0.1) is 11.8 Å². The summed E-state index contributed by atoms with van der Waals surface area (Å²) in [6, 6.07) is 10.6. The smallest absolute Gasteiger partial charge is 0.319 e. The van der Waals surface area contributed by atoms with E-state index in [4.69, 9.17) is 9.47 Å². The second-order valence-electron chi connectivity index (χ2n) is 8.70. The van der Waals surface area contributed by atoms with Crippen molar-refractivity contribution in [2.24, 2.45) is 11.8 Å². The number of fused-ring (bicyclic) bond motifs is 2. The average molecular weight is 436 g/mol. The minimum absolute atomic E-state index is 0.0813. The van der Waals surface area contributed by atoms with Crippen molar-refractivity contribution >= 4 is 0 Å². The monoisotopic (exact) mass is 435 g/mol. The van der Waals surface area contributed by atoms with Gasteiger partial charge in [0.1, 0.15) is 5.60 Å². The maximum Gasteiger partial charge on any atom is 0.319 e. The van der Waals surface area contributed by atoms with E-state index in [1.165, 1.54) is 12.7 Å². The number of benzene rings is 1. The number of aliphatic hydroxyl groups is 1. The molecule has 1 aliphatic heterocycles. The standard InChI is InChI=1S/C24H29N5O3/c1-31-22-20(13-25-23(27-22)32-2)24(30)18-8-5-9-19(24)16-28(15-18)14-17-7-3-4-10-21(17)29-12-6-11-26-29/h3-4,6-7,10-13,18-19,30H,5,8-9,14-16H2,1-2H3/t18-,19-/m1/s1. The van der Waals surface area contributed by atoms with Gasteiger partial charge in [0.2, 0.25) is 5.88 Å². The van der Waals surface area contributed by atoms with Crippen molar-refractivity contribution in [1.82, 2.24) is 24.6 Å². The lowest BCUT2D eigenvalue weighted by molar-refractivity contribution is -0.149. The Bertz CT molecular complexity index is 1060. The molecule has 1 saturated heterocycles. The van der Waals surface area contributed by atoms with Gasteiger partial charge in [0, 0.05) is 50.1 Å².